The molecular weight excluding hydrogens is 388 g/mol. The van der Waals surface area contributed by atoms with E-state index < -0.39 is 0 Å². The molecule has 6 nitrogen and oxygen atoms in total. The monoisotopic (exact) mass is 406 g/mol. The van der Waals surface area contributed by atoms with Crippen LogP contribution in [0.25, 0.3) is 11.5 Å². The average molecular weight is 407 g/mol. The summed E-state index contributed by atoms with van der Waals surface area (Å²) in [6.07, 6.45) is 7.67. The third-order valence-corrected chi connectivity index (χ3v) is 5.45. The van der Waals surface area contributed by atoms with Gasteiger partial charge in [0.1, 0.15) is 12.4 Å². The second-order valence-corrected chi connectivity index (χ2v) is 7.76. The summed E-state index contributed by atoms with van der Waals surface area (Å²) >= 11 is 5.90. The number of hydrogen-bond acceptors (Lipinski definition) is 4. The van der Waals surface area contributed by atoms with E-state index in [1.807, 2.05) is 34.9 Å². The summed E-state index contributed by atoms with van der Waals surface area (Å²) in [6, 6.07) is 10.7. The van der Waals surface area contributed by atoms with Crippen LogP contribution in [0.1, 0.15) is 35.7 Å². The first-order valence-corrected chi connectivity index (χ1v) is 9.91. The van der Waals surface area contributed by atoms with E-state index in [0.717, 1.165) is 17.0 Å². The molecular formula is C22H19ClN4O2. The van der Waals surface area contributed by atoms with Gasteiger partial charge in [-0.05, 0) is 43.5 Å². The fourth-order valence-corrected chi connectivity index (χ4v) is 3.56. The Bertz CT molecular complexity index is 1260. The summed E-state index contributed by atoms with van der Waals surface area (Å²) in [7, 11) is 0. The van der Waals surface area contributed by atoms with Gasteiger partial charge in [-0.2, -0.15) is 0 Å². The molecule has 0 unspecified atom stereocenters. The molecule has 1 aliphatic rings. The van der Waals surface area contributed by atoms with Crippen molar-refractivity contribution in [2.45, 2.75) is 32.3 Å². The van der Waals surface area contributed by atoms with Gasteiger partial charge in [0.25, 0.3) is 5.56 Å². The molecule has 3 aromatic heterocycles. The maximum Gasteiger partial charge on any atom is 0.258 e. The molecule has 5 rings (SSSR count). The van der Waals surface area contributed by atoms with E-state index in [2.05, 4.69) is 16.9 Å². The molecule has 0 aliphatic heterocycles. The van der Waals surface area contributed by atoms with Gasteiger partial charge in [-0.25, -0.2) is 9.97 Å². The molecule has 146 valence electrons. The lowest BCUT2D eigenvalue weighted by atomic mass is 10.2. The van der Waals surface area contributed by atoms with Gasteiger partial charge in [-0.1, -0.05) is 23.7 Å². The van der Waals surface area contributed by atoms with Gasteiger partial charge in [-0.15, -0.1) is 0 Å². The van der Waals surface area contributed by atoms with E-state index in [4.69, 9.17) is 16.3 Å². The third kappa shape index (κ3) is 3.51. The summed E-state index contributed by atoms with van der Waals surface area (Å²) in [6.45, 7) is 2.42. The highest BCUT2D eigenvalue weighted by Crippen LogP contribution is 2.40. The van der Waals surface area contributed by atoms with Gasteiger partial charge < -0.3 is 4.74 Å². The molecule has 0 bridgehead atoms. The van der Waals surface area contributed by atoms with Crippen LogP contribution >= 0.6 is 11.6 Å². The second-order valence-electron chi connectivity index (χ2n) is 7.32. The van der Waals surface area contributed by atoms with Crippen LogP contribution in [0.5, 0.6) is 5.75 Å². The fourth-order valence-electron chi connectivity index (χ4n) is 3.43. The van der Waals surface area contributed by atoms with Crippen LogP contribution in [0.4, 0.5) is 0 Å². The van der Waals surface area contributed by atoms with Gasteiger partial charge in [0.15, 0.2) is 0 Å². The van der Waals surface area contributed by atoms with Gasteiger partial charge in [0.2, 0.25) is 5.78 Å². The zero-order valence-electron chi connectivity index (χ0n) is 15.9. The Hall–Kier alpha value is -3.12. The average Bonchev–Trinajstić information content (AvgIpc) is 3.52. The standard InChI is InChI=1S/C22H19ClN4O2/c1-14-21(16-4-5-16)25-22-24-11-18(12-27(14)22)26-9-8-19(10-20(26)28)29-13-15-2-6-17(23)7-3-15/h2-3,6-12,16H,4-5,13H2,1H3. The van der Waals surface area contributed by atoms with Crippen molar-refractivity contribution < 1.29 is 4.74 Å². The lowest BCUT2D eigenvalue weighted by Crippen LogP contribution is -2.17. The summed E-state index contributed by atoms with van der Waals surface area (Å²) < 4.78 is 9.25. The summed E-state index contributed by atoms with van der Waals surface area (Å²) in [5.41, 5.74) is 3.70. The van der Waals surface area contributed by atoms with Gasteiger partial charge >= 0.3 is 0 Å². The van der Waals surface area contributed by atoms with E-state index in [9.17, 15) is 4.79 Å². The van der Waals surface area contributed by atoms with Crippen molar-refractivity contribution in [1.82, 2.24) is 18.9 Å². The second kappa shape index (κ2) is 7.04. The normalized spacial score (nSPS) is 13.7. The van der Waals surface area contributed by atoms with Crippen LogP contribution in [0.2, 0.25) is 5.02 Å². The number of benzene rings is 1. The smallest absolute Gasteiger partial charge is 0.258 e. The maximum atomic E-state index is 12.7. The van der Waals surface area contributed by atoms with Crippen LogP contribution in [-0.4, -0.2) is 18.9 Å². The molecule has 0 spiro atoms. The van der Waals surface area contributed by atoms with E-state index in [0.29, 0.717) is 34.8 Å². The number of nitrogens with zero attached hydrogens (tertiary/aromatic N) is 4. The lowest BCUT2D eigenvalue weighted by Gasteiger charge is -2.09. The van der Waals surface area contributed by atoms with Crippen molar-refractivity contribution in [3.63, 3.8) is 0 Å². The van der Waals surface area contributed by atoms with E-state index in [1.165, 1.54) is 18.9 Å². The molecule has 1 aliphatic carbocycles. The molecule has 1 saturated carbocycles. The number of fused-ring (bicyclic) bond motifs is 1. The number of aromatic nitrogens is 4. The summed E-state index contributed by atoms with van der Waals surface area (Å²) in [5, 5.41) is 0.680. The van der Waals surface area contributed by atoms with Crippen LogP contribution in [0.15, 0.2) is 59.8 Å². The van der Waals surface area contributed by atoms with Crippen molar-refractivity contribution >= 4 is 17.4 Å². The molecule has 29 heavy (non-hydrogen) atoms. The Balaban J connectivity index is 1.40. The highest BCUT2D eigenvalue weighted by molar-refractivity contribution is 6.30. The molecule has 0 radical (unpaired) electrons. The highest BCUT2D eigenvalue weighted by Gasteiger charge is 2.28. The third-order valence-electron chi connectivity index (χ3n) is 5.19. The number of rotatable bonds is 5. The molecule has 0 atom stereocenters. The number of halogens is 1. The zero-order chi connectivity index (χ0) is 20.0. The van der Waals surface area contributed by atoms with E-state index in [1.54, 1.807) is 23.0 Å². The van der Waals surface area contributed by atoms with Crippen LogP contribution < -0.4 is 10.3 Å². The largest absolute Gasteiger partial charge is 0.489 e. The van der Waals surface area contributed by atoms with Crippen LogP contribution in [-0.2, 0) is 6.61 Å². The topological polar surface area (TPSA) is 61.4 Å². The van der Waals surface area contributed by atoms with Gasteiger partial charge in [0, 0.05) is 35.1 Å². The minimum atomic E-state index is -0.181. The SMILES string of the molecule is Cc1c(C2CC2)nc2ncc(-n3ccc(OCc4ccc(Cl)cc4)cc3=O)cn12. The fraction of sp³-hybridized carbons (Fsp3) is 0.227. The molecule has 0 saturated heterocycles. The Morgan fingerprint density at radius 2 is 2.00 bits per heavy atom. The number of hydrogen-bond donors (Lipinski definition) is 0. The van der Waals surface area contributed by atoms with E-state index in [-0.39, 0.29) is 5.56 Å². The number of aryl methyl sites for hydroxylation is 1. The Morgan fingerprint density at radius 3 is 2.72 bits per heavy atom. The molecule has 4 aromatic rings. The minimum Gasteiger partial charge on any atom is -0.489 e. The molecule has 0 N–H and O–H groups in total. The predicted octanol–water partition coefficient (Wildman–Crippen LogP) is 4.30. The Labute approximate surface area is 172 Å². The van der Waals surface area contributed by atoms with Gasteiger partial charge in [-0.3, -0.25) is 13.8 Å². The summed E-state index contributed by atoms with van der Waals surface area (Å²) in [4.78, 5) is 21.7. The first kappa shape index (κ1) is 17.9. The van der Waals surface area contributed by atoms with Crippen molar-refractivity contribution in [1.29, 1.82) is 0 Å². The number of ether oxygens (including phenoxy) is 1. The predicted molar refractivity (Wildman–Crippen MR) is 111 cm³/mol. The van der Waals surface area contributed by atoms with Crippen LogP contribution in [0, 0.1) is 6.92 Å². The molecule has 3 heterocycles. The first-order valence-electron chi connectivity index (χ1n) is 9.53. The van der Waals surface area contributed by atoms with Crippen molar-refractivity contribution in [2.75, 3.05) is 0 Å². The number of pyridine rings is 1. The van der Waals surface area contributed by atoms with Crippen LogP contribution in [0.3, 0.4) is 0 Å². The number of imidazole rings is 1. The quantitative estimate of drug-likeness (QED) is 0.495. The Kier molecular flexibility index (Phi) is 4.36. The molecule has 7 heteroatoms. The molecule has 0 amide bonds. The van der Waals surface area contributed by atoms with E-state index >= 15 is 0 Å². The zero-order valence-corrected chi connectivity index (χ0v) is 16.6. The summed E-state index contributed by atoms with van der Waals surface area (Å²) in [5.74, 6) is 1.74. The van der Waals surface area contributed by atoms with Crippen molar-refractivity contribution in [3.05, 3.63) is 87.3 Å². The highest BCUT2D eigenvalue weighted by atomic mass is 35.5. The Morgan fingerprint density at radius 1 is 1.21 bits per heavy atom. The lowest BCUT2D eigenvalue weighted by molar-refractivity contribution is 0.305. The first-order chi connectivity index (χ1) is 14.1. The van der Waals surface area contributed by atoms with Crippen molar-refractivity contribution in [3.8, 4) is 11.4 Å². The minimum absolute atomic E-state index is 0.181. The van der Waals surface area contributed by atoms with Gasteiger partial charge in [0.05, 0.1) is 17.6 Å². The maximum absolute atomic E-state index is 12.7. The molecule has 1 fully saturated rings. The molecule has 1 aromatic carbocycles. The van der Waals surface area contributed by atoms with Crippen molar-refractivity contribution in [2.24, 2.45) is 0 Å².